The maximum Gasteiger partial charge on any atom is 0.303 e. The standard InChI is InChI=1S/C18H22N4O3/c1-3-22(18(24)11-25-13(2)23)16-5-4-14-6-7-21(17(14)8-16)10-15-9-19-12-20-15/h4-5,8-9,12H,3,6-7,10-11H2,1-2H3,(H,19,20). The van der Waals surface area contributed by atoms with Gasteiger partial charge in [-0.25, -0.2) is 4.98 Å². The third kappa shape index (κ3) is 3.81. The van der Waals surface area contributed by atoms with Gasteiger partial charge in [-0.15, -0.1) is 0 Å². The SMILES string of the molecule is CCN(C(=O)COC(C)=O)c1ccc2c(c1)N(Cc1cnc[nH]1)CC2. The summed E-state index contributed by atoms with van der Waals surface area (Å²) in [5, 5.41) is 0. The molecule has 0 saturated carbocycles. The number of amides is 1. The maximum absolute atomic E-state index is 12.3. The van der Waals surface area contributed by atoms with E-state index < -0.39 is 5.97 Å². The fraction of sp³-hybridized carbons (Fsp3) is 0.389. The van der Waals surface area contributed by atoms with Gasteiger partial charge in [-0.05, 0) is 31.0 Å². The Morgan fingerprint density at radius 2 is 2.24 bits per heavy atom. The molecular formula is C18H22N4O3. The number of aromatic nitrogens is 2. The number of ether oxygens (including phenoxy) is 1. The van der Waals surface area contributed by atoms with Crippen LogP contribution < -0.4 is 9.80 Å². The number of aromatic amines is 1. The molecule has 1 aromatic carbocycles. The molecule has 0 aliphatic carbocycles. The zero-order valence-electron chi connectivity index (χ0n) is 14.5. The molecule has 0 atom stereocenters. The van der Waals surface area contributed by atoms with Crippen LogP contribution in [0.2, 0.25) is 0 Å². The number of nitrogens with zero attached hydrogens (tertiary/aromatic N) is 3. The smallest absolute Gasteiger partial charge is 0.303 e. The van der Waals surface area contributed by atoms with Gasteiger partial charge in [0, 0.05) is 37.6 Å². The quantitative estimate of drug-likeness (QED) is 0.811. The van der Waals surface area contributed by atoms with Crippen LogP contribution in [-0.2, 0) is 27.3 Å². The molecule has 2 heterocycles. The molecular weight excluding hydrogens is 320 g/mol. The van der Waals surface area contributed by atoms with Crippen molar-refractivity contribution in [2.75, 3.05) is 29.5 Å². The molecule has 7 heteroatoms. The fourth-order valence-corrected chi connectivity index (χ4v) is 3.09. The highest BCUT2D eigenvalue weighted by Crippen LogP contribution is 2.33. The number of imidazole rings is 1. The van der Waals surface area contributed by atoms with Gasteiger partial charge < -0.3 is 19.5 Å². The first-order chi connectivity index (χ1) is 12.1. The second-order valence-corrected chi connectivity index (χ2v) is 5.98. The van der Waals surface area contributed by atoms with E-state index in [0.717, 1.165) is 36.6 Å². The van der Waals surface area contributed by atoms with Crippen molar-refractivity contribution in [1.29, 1.82) is 0 Å². The zero-order chi connectivity index (χ0) is 17.8. The number of carbonyl (C=O) groups is 2. The lowest BCUT2D eigenvalue weighted by molar-refractivity contribution is -0.145. The van der Waals surface area contributed by atoms with Crippen LogP contribution in [0.1, 0.15) is 25.1 Å². The highest BCUT2D eigenvalue weighted by atomic mass is 16.5. The van der Waals surface area contributed by atoms with Gasteiger partial charge in [0.05, 0.1) is 18.6 Å². The lowest BCUT2D eigenvalue weighted by atomic mass is 10.1. The summed E-state index contributed by atoms with van der Waals surface area (Å²) < 4.78 is 4.84. The predicted octanol–water partition coefficient (Wildman–Crippen LogP) is 1.89. The Labute approximate surface area is 146 Å². The summed E-state index contributed by atoms with van der Waals surface area (Å²) in [6, 6.07) is 6.06. The second kappa shape index (κ2) is 7.38. The van der Waals surface area contributed by atoms with Crippen LogP contribution in [0.5, 0.6) is 0 Å². The van der Waals surface area contributed by atoms with Crippen LogP contribution in [0.15, 0.2) is 30.7 Å². The predicted molar refractivity (Wildman–Crippen MR) is 94.4 cm³/mol. The Morgan fingerprint density at radius 1 is 1.40 bits per heavy atom. The lowest BCUT2D eigenvalue weighted by Crippen LogP contribution is -2.34. The second-order valence-electron chi connectivity index (χ2n) is 5.98. The van der Waals surface area contributed by atoms with E-state index in [9.17, 15) is 9.59 Å². The van der Waals surface area contributed by atoms with Crippen molar-refractivity contribution in [3.8, 4) is 0 Å². The molecule has 7 nitrogen and oxygen atoms in total. The summed E-state index contributed by atoms with van der Waals surface area (Å²) in [6.07, 6.45) is 4.48. The van der Waals surface area contributed by atoms with E-state index in [4.69, 9.17) is 4.74 Å². The van der Waals surface area contributed by atoms with Crippen LogP contribution in [0.25, 0.3) is 0 Å². The van der Waals surface area contributed by atoms with Crippen molar-refractivity contribution in [2.45, 2.75) is 26.8 Å². The van der Waals surface area contributed by atoms with Gasteiger partial charge in [0.15, 0.2) is 6.61 Å². The molecule has 0 radical (unpaired) electrons. The number of anilines is 2. The maximum atomic E-state index is 12.3. The lowest BCUT2D eigenvalue weighted by Gasteiger charge is -2.24. The molecule has 0 bridgehead atoms. The number of hydrogen-bond donors (Lipinski definition) is 1. The first-order valence-electron chi connectivity index (χ1n) is 8.37. The van der Waals surface area contributed by atoms with E-state index >= 15 is 0 Å². The van der Waals surface area contributed by atoms with E-state index in [1.165, 1.54) is 12.5 Å². The number of esters is 1. The van der Waals surface area contributed by atoms with Crippen molar-refractivity contribution in [2.24, 2.45) is 0 Å². The van der Waals surface area contributed by atoms with E-state index in [2.05, 4.69) is 20.9 Å². The van der Waals surface area contributed by atoms with Gasteiger partial charge in [-0.3, -0.25) is 9.59 Å². The van der Waals surface area contributed by atoms with Crippen LogP contribution in [-0.4, -0.2) is 41.5 Å². The monoisotopic (exact) mass is 342 g/mol. The summed E-state index contributed by atoms with van der Waals surface area (Å²) in [5.41, 5.74) is 4.27. The molecule has 1 aliphatic rings. The fourth-order valence-electron chi connectivity index (χ4n) is 3.09. The first kappa shape index (κ1) is 17.0. The normalized spacial score (nSPS) is 12.8. The largest absolute Gasteiger partial charge is 0.456 e. The summed E-state index contributed by atoms with van der Waals surface area (Å²) >= 11 is 0. The Bertz CT molecular complexity index is 758. The minimum Gasteiger partial charge on any atom is -0.456 e. The van der Waals surface area contributed by atoms with Gasteiger partial charge in [0.1, 0.15) is 0 Å². The minimum atomic E-state index is -0.455. The average molecular weight is 342 g/mol. The minimum absolute atomic E-state index is 0.226. The molecule has 0 fully saturated rings. The third-order valence-electron chi connectivity index (χ3n) is 4.30. The van der Waals surface area contributed by atoms with Gasteiger partial charge >= 0.3 is 5.97 Å². The third-order valence-corrected chi connectivity index (χ3v) is 4.30. The van der Waals surface area contributed by atoms with Crippen molar-refractivity contribution >= 4 is 23.3 Å². The Morgan fingerprint density at radius 3 is 2.92 bits per heavy atom. The molecule has 132 valence electrons. The van der Waals surface area contributed by atoms with E-state index in [0.29, 0.717) is 6.54 Å². The van der Waals surface area contributed by atoms with Gasteiger partial charge in [0.25, 0.3) is 5.91 Å². The van der Waals surface area contributed by atoms with Gasteiger partial charge in [0.2, 0.25) is 0 Å². The molecule has 1 aromatic heterocycles. The Hall–Kier alpha value is -2.83. The molecule has 2 aromatic rings. The van der Waals surface area contributed by atoms with Crippen LogP contribution >= 0.6 is 0 Å². The van der Waals surface area contributed by atoms with E-state index in [1.54, 1.807) is 11.2 Å². The number of nitrogens with one attached hydrogen (secondary N) is 1. The molecule has 3 rings (SSSR count). The molecule has 25 heavy (non-hydrogen) atoms. The number of fused-ring (bicyclic) bond motifs is 1. The van der Waals surface area contributed by atoms with Crippen molar-refractivity contribution in [3.63, 3.8) is 0 Å². The van der Waals surface area contributed by atoms with Crippen LogP contribution in [0.3, 0.4) is 0 Å². The van der Waals surface area contributed by atoms with E-state index in [-0.39, 0.29) is 12.5 Å². The first-order valence-corrected chi connectivity index (χ1v) is 8.37. The van der Waals surface area contributed by atoms with Crippen LogP contribution in [0, 0.1) is 0 Å². The molecule has 1 amide bonds. The number of H-pyrrole nitrogens is 1. The van der Waals surface area contributed by atoms with E-state index in [1.807, 2.05) is 25.3 Å². The number of benzene rings is 1. The van der Waals surface area contributed by atoms with Gasteiger partial charge in [-0.1, -0.05) is 6.07 Å². The van der Waals surface area contributed by atoms with Gasteiger partial charge in [-0.2, -0.15) is 0 Å². The summed E-state index contributed by atoms with van der Waals surface area (Å²) in [7, 11) is 0. The molecule has 0 saturated heterocycles. The molecule has 1 N–H and O–H groups in total. The van der Waals surface area contributed by atoms with Crippen LogP contribution in [0.4, 0.5) is 11.4 Å². The number of hydrogen-bond acceptors (Lipinski definition) is 5. The Balaban J connectivity index is 1.79. The van der Waals surface area contributed by atoms with Crippen molar-refractivity contribution in [1.82, 2.24) is 9.97 Å². The highest BCUT2D eigenvalue weighted by molar-refractivity contribution is 5.95. The van der Waals surface area contributed by atoms with Crippen molar-refractivity contribution < 1.29 is 14.3 Å². The summed E-state index contributed by atoms with van der Waals surface area (Å²) in [5.74, 6) is -0.681. The molecule has 0 spiro atoms. The Kier molecular flexibility index (Phi) is 5.02. The topological polar surface area (TPSA) is 78.5 Å². The molecule has 0 unspecified atom stereocenters. The molecule has 1 aliphatic heterocycles. The average Bonchev–Trinajstić information content (AvgIpc) is 3.24. The number of likely N-dealkylation sites (N-methyl/N-ethyl adjacent to an activating group) is 1. The number of carbonyl (C=O) groups excluding carboxylic acids is 2. The summed E-state index contributed by atoms with van der Waals surface area (Å²) in [6.45, 7) is 5.17. The number of rotatable bonds is 6. The van der Waals surface area contributed by atoms with Crippen molar-refractivity contribution in [3.05, 3.63) is 42.0 Å². The zero-order valence-corrected chi connectivity index (χ0v) is 14.5. The summed E-state index contributed by atoms with van der Waals surface area (Å²) in [4.78, 5) is 34.4. The highest BCUT2D eigenvalue weighted by Gasteiger charge is 2.22.